The number of ether oxygens (including phenoxy) is 1. The first-order valence-corrected chi connectivity index (χ1v) is 5.63. The Morgan fingerprint density at radius 3 is 2.57 bits per heavy atom. The summed E-state index contributed by atoms with van der Waals surface area (Å²) in [6.45, 7) is 3.50. The van der Waals surface area contributed by atoms with E-state index >= 15 is 0 Å². The van der Waals surface area contributed by atoms with Crippen LogP contribution in [0.3, 0.4) is 0 Å². The molecule has 14 heavy (non-hydrogen) atoms. The highest BCUT2D eigenvalue weighted by Crippen LogP contribution is 1.92. The molecule has 0 aliphatic rings. The van der Waals surface area contributed by atoms with E-state index in [0.29, 0.717) is 5.75 Å². The lowest BCUT2D eigenvalue weighted by molar-refractivity contribution is -0.137. The number of hydrogen-bond donors (Lipinski definition) is 1. The molecule has 1 unspecified atom stereocenters. The van der Waals surface area contributed by atoms with Crippen molar-refractivity contribution in [2.75, 3.05) is 24.4 Å². The first-order valence-electron chi connectivity index (χ1n) is 3.66. The molecule has 1 N–H and O–H groups in total. The standard InChI is InChI=1S/C8H12O4S.ClH/c1-3-8(11)12-4-5-13(2)6-7(9)10;/h3H,1,4-6H2,2H3;1H. The van der Waals surface area contributed by atoms with E-state index in [1.807, 2.05) is 6.26 Å². The van der Waals surface area contributed by atoms with Gasteiger partial charge in [0, 0.05) is 6.08 Å². The van der Waals surface area contributed by atoms with Crippen LogP contribution in [0.25, 0.3) is 0 Å². The third-order valence-corrected chi connectivity index (χ3v) is 2.82. The van der Waals surface area contributed by atoms with Crippen molar-refractivity contribution in [1.29, 1.82) is 0 Å². The number of carboxylic acids is 1. The second-order valence-electron chi connectivity index (χ2n) is 2.40. The van der Waals surface area contributed by atoms with E-state index in [1.165, 1.54) is 0 Å². The van der Waals surface area contributed by atoms with Crippen LogP contribution < -0.4 is 12.4 Å². The van der Waals surface area contributed by atoms with Crippen molar-refractivity contribution >= 4 is 22.8 Å². The van der Waals surface area contributed by atoms with E-state index < -0.39 is 11.9 Å². The fourth-order valence-electron chi connectivity index (χ4n) is 0.626. The lowest BCUT2D eigenvalue weighted by Gasteiger charge is -2.01. The van der Waals surface area contributed by atoms with Crippen LogP contribution in [0.4, 0.5) is 0 Å². The lowest BCUT2D eigenvalue weighted by Crippen LogP contribution is -3.00. The largest absolute Gasteiger partial charge is 1.00 e. The predicted octanol–water partition coefficient (Wildman–Crippen LogP) is -2.95. The van der Waals surface area contributed by atoms with E-state index in [-0.39, 0.29) is 35.7 Å². The molecule has 4 nitrogen and oxygen atoms in total. The summed E-state index contributed by atoms with van der Waals surface area (Å²) in [5.41, 5.74) is 0. The van der Waals surface area contributed by atoms with Gasteiger partial charge in [-0.15, -0.1) is 0 Å². The van der Waals surface area contributed by atoms with Gasteiger partial charge in [0.1, 0.15) is 12.4 Å². The number of carbonyl (C=O) groups is 2. The molecule has 0 aromatic rings. The zero-order valence-corrected chi connectivity index (χ0v) is 9.44. The molecule has 0 saturated carbocycles. The van der Waals surface area contributed by atoms with Crippen molar-refractivity contribution in [2.45, 2.75) is 0 Å². The van der Waals surface area contributed by atoms with Crippen molar-refractivity contribution < 1.29 is 31.8 Å². The van der Waals surface area contributed by atoms with Gasteiger partial charge in [-0.1, -0.05) is 6.58 Å². The van der Waals surface area contributed by atoms with Gasteiger partial charge in [-0.3, -0.25) is 0 Å². The number of aliphatic carboxylic acids is 1. The Kier molecular flexibility index (Phi) is 10.0. The van der Waals surface area contributed by atoms with Crippen LogP contribution in [-0.4, -0.2) is 41.4 Å². The van der Waals surface area contributed by atoms with Crippen molar-refractivity contribution in [2.24, 2.45) is 0 Å². The van der Waals surface area contributed by atoms with Gasteiger partial charge in [0.25, 0.3) is 0 Å². The number of carbonyl (C=O) groups excluding carboxylic acids is 1. The van der Waals surface area contributed by atoms with Gasteiger partial charge >= 0.3 is 11.9 Å². The van der Waals surface area contributed by atoms with E-state index in [1.54, 1.807) is 0 Å². The summed E-state index contributed by atoms with van der Waals surface area (Å²) < 4.78 is 4.70. The molecule has 0 aromatic carbocycles. The predicted molar refractivity (Wildman–Crippen MR) is 51.8 cm³/mol. The third kappa shape index (κ3) is 9.41. The maximum absolute atomic E-state index is 10.6. The van der Waals surface area contributed by atoms with Crippen LogP contribution in [0.5, 0.6) is 0 Å². The van der Waals surface area contributed by atoms with Crippen molar-refractivity contribution in [3.8, 4) is 0 Å². The number of carboxylic acid groups (broad SMARTS) is 1. The molecule has 0 heterocycles. The minimum atomic E-state index is -0.819. The van der Waals surface area contributed by atoms with Crippen molar-refractivity contribution in [1.82, 2.24) is 0 Å². The van der Waals surface area contributed by atoms with Gasteiger partial charge in [0.2, 0.25) is 5.75 Å². The highest BCUT2D eigenvalue weighted by Gasteiger charge is 2.16. The second kappa shape index (κ2) is 8.90. The van der Waals surface area contributed by atoms with Crippen molar-refractivity contribution in [3.63, 3.8) is 0 Å². The SMILES string of the molecule is C=CC(=O)OCC[S+](C)CC(=O)O.[Cl-]. The molecular weight excluding hydrogens is 228 g/mol. The average Bonchev–Trinajstić information content (AvgIpc) is 2.02. The quantitative estimate of drug-likeness (QED) is 0.306. The number of hydrogen-bond acceptors (Lipinski definition) is 3. The summed E-state index contributed by atoms with van der Waals surface area (Å²) in [5.74, 6) is -0.564. The van der Waals surface area contributed by atoms with Crippen LogP contribution >= 0.6 is 0 Å². The zero-order chi connectivity index (χ0) is 10.3. The minimum Gasteiger partial charge on any atom is -1.00 e. The van der Waals surface area contributed by atoms with Crippen LogP contribution in [0.15, 0.2) is 12.7 Å². The van der Waals surface area contributed by atoms with E-state index in [2.05, 4.69) is 6.58 Å². The van der Waals surface area contributed by atoms with Crippen LogP contribution in [-0.2, 0) is 25.2 Å². The Morgan fingerprint density at radius 2 is 2.14 bits per heavy atom. The monoisotopic (exact) mass is 240 g/mol. The summed E-state index contributed by atoms with van der Waals surface area (Å²) in [4.78, 5) is 20.8. The fraction of sp³-hybridized carbons (Fsp3) is 0.500. The highest BCUT2D eigenvalue weighted by atomic mass is 35.5. The Labute approximate surface area is 92.1 Å². The molecule has 0 aliphatic heterocycles. The number of halogens is 1. The topological polar surface area (TPSA) is 63.6 Å². The maximum Gasteiger partial charge on any atom is 0.353 e. The smallest absolute Gasteiger partial charge is 0.353 e. The molecule has 0 spiro atoms. The van der Waals surface area contributed by atoms with Gasteiger partial charge in [-0.25, -0.2) is 9.59 Å². The third-order valence-electron chi connectivity index (χ3n) is 1.21. The highest BCUT2D eigenvalue weighted by molar-refractivity contribution is 7.96. The van der Waals surface area contributed by atoms with Gasteiger partial charge in [-0.05, 0) is 10.9 Å². The average molecular weight is 241 g/mol. The second-order valence-corrected chi connectivity index (χ2v) is 4.66. The maximum atomic E-state index is 10.6. The molecule has 0 bridgehead atoms. The van der Waals surface area contributed by atoms with Gasteiger partial charge < -0.3 is 22.3 Å². The van der Waals surface area contributed by atoms with Crippen LogP contribution in [0.2, 0.25) is 0 Å². The molecule has 0 radical (unpaired) electrons. The first kappa shape index (κ1) is 15.8. The van der Waals surface area contributed by atoms with E-state index in [0.717, 1.165) is 6.08 Å². The molecule has 0 saturated heterocycles. The molecule has 0 amide bonds. The Morgan fingerprint density at radius 1 is 1.57 bits per heavy atom. The number of esters is 1. The lowest BCUT2D eigenvalue weighted by atomic mass is 10.6. The Balaban J connectivity index is 0. The van der Waals surface area contributed by atoms with Gasteiger partial charge in [0.05, 0.1) is 6.26 Å². The Hall–Kier alpha value is -0.680. The van der Waals surface area contributed by atoms with Crippen LogP contribution in [0, 0.1) is 0 Å². The normalized spacial score (nSPS) is 10.9. The summed E-state index contributed by atoms with van der Waals surface area (Å²) in [6.07, 6.45) is 2.92. The summed E-state index contributed by atoms with van der Waals surface area (Å²) in [6, 6.07) is 0. The number of rotatable bonds is 6. The summed E-state index contributed by atoms with van der Waals surface area (Å²) in [5, 5.41) is 8.42. The first-order chi connectivity index (χ1) is 6.06. The molecule has 82 valence electrons. The summed E-state index contributed by atoms with van der Waals surface area (Å²) >= 11 is 0. The molecule has 0 aromatic heterocycles. The molecule has 0 rings (SSSR count). The van der Waals surface area contributed by atoms with Crippen LogP contribution in [0.1, 0.15) is 0 Å². The van der Waals surface area contributed by atoms with Crippen molar-refractivity contribution in [3.05, 3.63) is 12.7 Å². The molecule has 0 fully saturated rings. The zero-order valence-electron chi connectivity index (χ0n) is 7.86. The van der Waals surface area contributed by atoms with E-state index in [9.17, 15) is 9.59 Å². The molecular formula is C8H13ClO4S. The minimum absolute atomic E-state index is 0. The Bertz CT molecular complexity index is 208. The fourth-order valence-corrected chi connectivity index (χ4v) is 1.56. The molecule has 6 heteroatoms. The molecule has 0 aliphatic carbocycles. The van der Waals surface area contributed by atoms with Gasteiger partial charge in [-0.2, -0.15) is 0 Å². The summed E-state index contributed by atoms with van der Waals surface area (Å²) in [7, 11) is -0.230. The molecule has 1 atom stereocenters. The van der Waals surface area contributed by atoms with E-state index in [4.69, 9.17) is 9.84 Å². The van der Waals surface area contributed by atoms with Gasteiger partial charge in [0.15, 0.2) is 0 Å².